The molecule has 0 aliphatic carbocycles. The van der Waals surface area contributed by atoms with E-state index in [0.29, 0.717) is 5.75 Å². The van der Waals surface area contributed by atoms with Gasteiger partial charge in [0.1, 0.15) is 6.04 Å². The summed E-state index contributed by atoms with van der Waals surface area (Å²) in [5.74, 6) is 0.0786. The maximum atomic E-state index is 10.6. The number of hydrogen-bond acceptors (Lipinski definition) is 3. The molecule has 1 amide bonds. The van der Waals surface area contributed by atoms with Gasteiger partial charge in [-0.25, -0.2) is 4.79 Å². The molecule has 0 aliphatic rings. The Bertz CT molecular complexity index is 184. The zero-order valence-corrected chi connectivity index (χ0v) is 8.69. The minimum Gasteiger partial charge on any atom is -0.480 e. The predicted molar refractivity (Wildman–Crippen MR) is 52.9 cm³/mol. The van der Waals surface area contributed by atoms with Crippen molar-refractivity contribution in [3.63, 3.8) is 0 Å². The van der Waals surface area contributed by atoms with Crippen molar-refractivity contribution in [2.75, 3.05) is 11.5 Å². The molecule has 2 N–H and O–H groups in total. The Hall–Kier alpha value is -0.710. The van der Waals surface area contributed by atoms with Crippen LogP contribution in [0.1, 0.15) is 20.3 Å². The van der Waals surface area contributed by atoms with Crippen LogP contribution in [0.25, 0.3) is 0 Å². The van der Waals surface area contributed by atoms with Gasteiger partial charge in [0.05, 0.1) is 0 Å². The Balaban J connectivity index is 3.81. The van der Waals surface area contributed by atoms with E-state index in [-0.39, 0.29) is 5.91 Å². The number of rotatable bonds is 6. The number of carboxylic acids is 1. The van der Waals surface area contributed by atoms with Crippen molar-refractivity contribution in [1.29, 1.82) is 0 Å². The van der Waals surface area contributed by atoms with Gasteiger partial charge < -0.3 is 10.4 Å². The molecule has 0 radical (unpaired) electrons. The highest BCUT2D eigenvalue weighted by Crippen LogP contribution is 2.04. The minimum absolute atomic E-state index is 0.301. The van der Waals surface area contributed by atoms with Gasteiger partial charge in [0.2, 0.25) is 5.91 Å². The number of aliphatic carboxylic acids is 1. The number of carbonyl (C=O) groups is 2. The van der Waals surface area contributed by atoms with Gasteiger partial charge in [0, 0.05) is 12.7 Å². The topological polar surface area (TPSA) is 66.4 Å². The van der Waals surface area contributed by atoms with Crippen LogP contribution in [-0.4, -0.2) is 34.5 Å². The van der Waals surface area contributed by atoms with Gasteiger partial charge in [-0.2, -0.15) is 11.8 Å². The van der Waals surface area contributed by atoms with Crippen LogP contribution < -0.4 is 5.32 Å². The summed E-state index contributed by atoms with van der Waals surface area (Å²) in [5, 5.41) is 11.1. The number of carbonyl (C=O) groups excluding carboxylic acids is 1. The van der Waals surface area contributed by atoms with Crippen molar-refractivity contribution < 1.29 is 14.7 Å². The monoisotopic (exact) mass is 205 g/mol. The van der Waals surface area contributed by atoms with Crippen LogP contribution in [-0.2, 0) is 9.59 Å². The van der Waals surface area contributed by atoms with Crippen molar-refractivity contribution >= 4 is 23.6 Å². The molecule has 0 aromatic heterocycles. The Kier molecular flexibility index (Phi) is 6.40. The van der Waals surface area contributed by atoms with E-state index in [1.54, 1.807) is 0 Å². The van der Waals surface area contributed by atoms with Crippen LogP contribution in [0.5, 0.6) is 0 Å². The van der Waals surface area contributed by atoms with Crippen LogP contribution in [0.15, 0.2) is 0 Å². The van der Waals surface area contributed by atoms with Gasteiger partial charge in [-0.15, -0.1) is 0 Å². The van der Waals surface area contributed by atoms with Crippen LogP contribution in [0.4, 0.5) is 0 Å². The summed E-state index contributed by atoms with van der Waals surface area (Å²) in [4.78, 5) is 21.2. The third-order valence-electron chi connectivity index (χ3n) is 1.31. The van der Waals surface area contributed by atoms with Gasteiger partial charge in [-0.3, -0.25) is 4.79 Å². The highest BCUT2D eigenvalue weighted by Gasteiger charge is 2.17. The average Bonchev–Trinajstić information content (AvgIpc) is 2.02. The lowest BCUT2D eigenvalue weighted by Crippen LogP contribution is -2.41. The second kappa shape index (κ2) is 6.77. The molecule has 0 fully saturated rings. The Morgan fingerprint density at radius 1 is 1.54 bits per heavy atom. The van der Waals surface area contributed by atoms with E-state index >= 15 is 0 Å². The highest BCUT2D eigenvalue weighted by atomic mass is 32.2. The Labute approximate surface area is 82.1 Å². The fraction of sp³-hybridized carbons (Fsp3) is 0.750. The Morgan fingerprint density at radius 3 is 2.54 bits per heavy atom. The summed E-state index contributed by atoms with van der Waals surface area (Å²) in [7, 11) is 0. The fourth-order valence-corrected chi connectivity index (χ4v) is 1.68. The van der Waals surface area contributed by atoms with Crippen molar-refractivity contribution in [3.05, 3.63) is 0 Å². The van der Waals surface area contributed by atoms with Gasteiger partial charge in [-0.1, -0.05) is 6.92 Å². The fourth-order valence-electron chi connectivity index (χ4n) is 0.766. The molecular weight excluding hydrogens is 190 g/mol. The predicted octanol–water partition coefficient (Wildman–Crippen LogP) is 0.719. The molecule has 0 saturated carbocycles. The van der Waals surface area contributed by atoms with Crippen molar-refractivity contribution in [3.8, 4) is 0 Å². The first-order chi connectivity index (χ1) is 6.07. The number of nitrogens with one attached hydrogen (secondary N) is 1. The second-order valence-electron chi connectivity index (χ2n) is 2.67. The van der Waals surface area contributed by atoms with Crippen molar-refractivity contribution in [1.82, 2.24) is 5.32 Å². The summed E-state index contributed by atoms with van der Waals surface area (Å²) >= 11 is 1.54. The van der Waals surface area contributed by atoms with E-state index < -0.39 is 12.0 Å². The second-order valence-corrected chi connectivity index (χ2v) is 3.82. The number of amides is 1. The van der Waals surface area contributed by atoms with Crippen LogP contribution in [0.2, 0.25) is 0 Å². The van der Waals surface area contributed by atoms with Crippen molar-refractivity contribution in [2.45, 2.75) is 26.3 Å². The summed E-state index contributed by atoms with van der Waals surface area (Å²) < 4.78 is 0. The molecule has 0 aromatic rings. The molecule has 0 spiro atoms. The quantitative estimate of drug-likeness (QED) is 0.627. The van der Waals surface area contributed by atoms with Gasteiger partial charge in [0.15, 0.2) is 0 Å². The number of thioether (sulfide) groups is 1. The first-order valence-electron chi connectivity index (χ1n) is 4.15. The first kappa shape index (κ1) is 12.3. The standard InChI is InChI=1S/C8H15NO3S/c1-3-4-13-5-7(8(11)12)9-6(2)10/h7H,3-5H2,1-2H3,(H,9,10)(H,11,12). The van der Waals surface area contributed by atoms with E-state index in [9.17, 15) is 9.59 Å². The lowest BCUT2D eigenvalue weighted by Gasteiger charge is -2.11. The SMILES string of the molecule is CCCSCC(NC(C)=O)C(=O)O. The third kappa shape index (κ3) is 6.45. The van der Waals surface area contributed by atoms with E-state index in [2.05, 4.69) is 5.32 Å². The zero-order valence-electron chi connectivity index (χ0n) is 7.87. The summed E-state index contributed by atoms with van der Waals surface area (Å²) in [6.45, 7) is 3.35. The Morgan fingerprint density at radius 2 is 2.15 bits per heavy atom. The first-order valence-corrected chi connectivity index (χ1v) is 5.31. The van der Waals surface area contributed by atoms with Crippen LogP contribution >= 0.6 is 11.8 Å². The van der Waals surface area contributed by atoms with E-state index in [1.165, 1.54) is 18.7 Å². The summed E-state index contributed by atoms with van der Waals surface area (Å²) in [6, 6.07) is -0.756. The molecule has 1 unspecified atom stereocenters. The van der Waals surface area contributed by atoms with Gasteiger partial charge >= 0.3 is 5.97 Å². The summed E-state index contributed by atoms with van der Waals surface area (Å²) in [6.07, 6.45) is 1.01. The maximum Gasteiger partial charge on any atom is 0.327 e. The number of hydrogen-bond donors (Lipinski definition) is 2. The van der Waals surface area contributed by atoms with Gasteiger partial charge in [-0.05, 0) is 12.2 Å². The van der Waals surface area contributed by atoms with E-state index in [0.717, 1.165) is 12.2 Å². The van der Waals surface area contributed by atoms with Crippen LogP contribution in [0.3, 0.4) is 0 Å². The van der Waals surface area contributed by atoms with Crippen LogP contribution in [0, 0.1) is 0 Å². The minimum atomic E-state index is -0.973. The summed E-state index contributed by atoms with van der Waals surface area (Å²) in [5.41, 5.74) is 0. The molecule has 0 aliphatic heterocycles. The molecule has 13 heavy (non-hydrogen) atoms. The molecule has 4 nitrogen and oxygen atoms in total. The smallest absolute Gasteiger partial charge is 0.327 e. The molecule has 1 atom stereocenters. The largest absolute Gasteiger partial charge is 0.480 e. The number of carboxylic acid groups (broad SMARTS) is 1. The van der Waals surface area contributed by atoms with Crippen molar-refractivity contribution in [2.24, 2.45) is 0 Å². The van der Waals surface area contributed by atoms with Gasteiger partial charge in [0.25, 0.3) is 0 Å². The highest BCUT2D eigenvalue weighted by molar-refractivity contribution is 7.99. The molecule has 0 heterocycles. The maximum absolute atomic E-state index is 10.6. The zero-order chi connectivity index (χ0) is 10.3. The molecule has 5 heteroatoms. The lowest BCUT2D eigenvalue weighted by atomic mass is 10.3. The molecule has 0 bridgehead atoms. The van der Waals surface area contributed by atoms with E-state index in [4.69, 9.17) is 5.11 Å². The molecule has 0 saturated heterocycles. The molecule has 76 valence electrons. The average molecular weight is 205 g/mol. The molecular formula is C8H15NO3S. The molecule has 0 rings (SSSR count). The lowest BCUT2D eigenvalue weighted by molar-refractivity contribution is -0.140. The third-order valence-corrected chi connectivity index (χ3v) is 2.57. The molecule has 0 aromatic carbocycles. The van der Waals surface area contributed by atoms with E-state index in [1.807, 2.05) is 6.92 Å². The normalized spacial score (nSPS) is 12.2.